The van der Waals surface area contributed by atoms with Crippen molar-refractivity contribution in [3.8, 4) is 0 Å². The summed E-state index contributed by atoms with van der Waals surface area (Å²) in [7, 11) is -4.01. The van der Waals surface area contributed by atoms with Crippen LogP contribution in [0.25, 0.3) is 0 Å². The second kappa shape index (κ2) is 3.85. The molecular formula is C8H12NO3S+. The first-order chi connectivity index (χ1) is 6.05. The van der Waals surface area contributed by atoms with Gasteiger partial charge in [0.05, 0.1) is 0 Å². The van der Waals surface area contributed by atoms with Crippen molar-refractivity contribution in [1.29, 1.82) is 0 Å². The van der Waals surface area contributed by atoms with E-state index in [1.807, 2.05) is 0 Å². The van der Waals surface area contributed by atoms with Gasteiger partial charge in [0.15, 0.2) is 12.4 Å². The molecule has 0 radical (unpaired) electrons. The van der Waals surface area contributed by atoms with Gasteiger partial charge in [0.2, 0.25) is 0 Å². The molecule has 72 valence electrons. The molecule has 5 heteroatoms. The molecule has 0 aliphatic rings. The smallest absolute Gasteiger partial charge is 0.280 e. The number of rotatable bonds is 3. The summed E-state index contributed by atoms with van der Waals surface area (Å²) in [6, 6.07) is 5.22. The van der Waals surface area contributed by atoms with Gasteiger partial charge in [-0.1, -0.05) is 13.0 Å². The highest BCUT2D eigenvalue weighted by Crippen LogP contribution is 2.08. The fourth-order valence-corrected chi connectivity index (χ4v) is 2.05. The molecule has 0 saturated heterocycles. The van der Waals surface area contributed by atoms with Crippen LogP contribution in [0.2, 0.25) is 0 Å². The first kappa shape index (κ1) is 10.1. The predicted octanol–water partition coefficient (Wildman–Crippen LogP) is 0.770. The van der Waals surface area contributed by atoms with Gasteiger partial charge in [-0.25, -0.2) is 0 Å². The maximum absolute atomic E-state index is 10.9. The first-order valence-electron chi connectivity index (χ1n) is 3.97. The molecule has 1 aromatic rings. The Labute approximate surface area is 77.6 Å². The Kier molecular flexibility index (Phi) is 3.00. The number of pyridine rings is 1. The van der Waals surface area contributed by atoms with Crippen LogP contribution in [0.4, 0.5) is 0 Å². The highest BCUT2D eigenvalue weighted by atomic mass is 32.2. The van der Waals surface area contributed by atoms with Gasteiger partial charge in [-0.15, -0.1) is 0 Å². The summed E-state index contributed by atoms with van der Waals surface area (Å²) in [6.07, 6.45) is 3.57. The largest absolute Gasteiger partial charge is 0.329 e. The molecular weight excluding hydrogens is 190 g/mol. The minimum Gasteiger partial charge on any atom is -0.280 e. The third kappa shape index (κ3) is 2.50. The van der Waals surface area contributed by atoms with Crippen LogP contribution in [0.1, 0.15) is 18.7 Å². The average molecular weight is 202 g/mol. The van der Waals surface area contributed by atoms with Gasteiger partial charge in [0.25, 0.3) is 5.37 Å². The van der Waals surface area contributed by atoms with E-state index in [9.17, 15) is 8.42 Å². The molecule has 0 saturated carbocycles. The van der Waals surface area contributed by atoms with E-state index in [0.29, 0.717) is 6.42 Å². The van der Waals surface area contributed by atoms with Gasteiger partial charge >= 0.3 is 10.1 Å². The summed E-state index contributed by atoms with van der Waals surface area (Å²) >= 11 is 0. The molecule has 1 N–H and O–H groups in total. The standard InChI is InChI=1S/C8H11NO3S/c1-2-8(13(10,11)12)9-6-4-3-5-7-9/h3-8H,2H2,1H3/p+1. The highest BCUT2D eigenvalue weighted by Gasteiger charge is 2.29. The van der Waals surface area contributed by atoms with Gasteiger partial charge in [0.1, 0.15) is 0 Å². The summed E-state index contributed by atoms with van der Waals surface area (Å²) in [6.45, 7) is 1.71. The van der Waals surface area contributed by atoms with Gasteiger partial charge < -0.3 is 0 Å². The lowest BCUT2D eigenvalue weighted by atomic mass is 10.4. The molecule has 1 aromatic heterocycles. The Bertz CT molecular complexity index is 360. The zero-order chi connectivity index (χ0) is 9.90. The molecule has 0 bridgehead atoms. The van der Waals surface area contributed by atoms with E-state index in [0.717, 1.165) is 0 Å². The Morgan fingerprint density at radius 1 is 1.31 bits per heavy atom. The molecule has 0 aromatic carbocycles. The van der Waals surface area contributed by atoms with E-state index in [1.165, 1.54) is 4.57 Å². The summed E-state index contributed by atoms with van der Waals surface area (Å²) in [4.78, 5) is 0. The molecule has 1 rings (SSSR count). The third-order valence-corrected chi connectivity index (χ3v) is 3.03. The molecule has 1 atom stereocenters. The lowest BCUT2D eigenvalue weighted by Gasteiger charge is -2.05. The lowest BCUT2D eigenvalue weighted by molar-refractivity contribution is -0.702. The maximum atomic E-state index is 10.9. The van der Waals surface area contributed by atoms with Crippen molar-refractivity contribution in [1.82, 2.24) is 0 Å². The summed E-state index contributed by atoms with van der Waals surface area (Å²) < 4.78 is 32.1. The fourth-order valence-electron chi connectivity index (χ4n) is 1.18. The van der Waals surface area contributed by atoms with Crippen molar-refractivity contribution in [3.05, 3.63) is 30.6 Å². The van der Waals surface area contributed by atoms with Crippen molar-refractivity contribution in [2.24, 2.45) is 0 Å². The second-order valence-electron chi connectivity index (χ2n) is 2.70. The average Bonchev–Trinajstić information content (AvgIpc) is 2.05. The number of aromatic nitrogens is 1. The van der Waals surface area contributed by atoms with E-state index in [2.05, 4.69) is 0 Å². The normalized spacial score (nSPS) is 14.0. The minimum absolute atomic E-state index is 0.341. The quantitative estimate of drug-likeness (QED) is 0.582. The van der Waals surface area contributed by atoms with Crippen molar-refractivity contribution < 1.29 is 17.5 Å². The monoisotopic (exact) mass is 202 g/mol. The molecule has 0 fully saturated rings. The van der Waals surface area contributed by atoms with Gasteiger partial charge in [0, 0.05) is 18.6 Å². The van der Waals surface area contributed by atoms with E-state index in [4.69, 9.17) is 4.55 Å². The van der Waals surface area contributed by atoms with E-state index in [1.54, 1.807) is 37.5 Å². The molecule has 0 aliphatic heterocycles. The molecule has 13 heavy (non-hydrogen) atoms. The van der Waals surface area contributed by atoms with Crippen molar-refractivity contribution >= 4 is 10.1 Å². The van der Waals surface area contributed by atoms with Gasteiger partial charge in [-0.05, 0) is 0 Å². The van der Waals surface area contributed by atoms with Crippen molar-refractivity contribution in [2.75, 3.05) is 0 Å². The summed E-state index contributed by atoms with van der Waals surface area (Å²) in [5.74, 6) is 0. The Morgan fingerprint density at radius 2 is 1.85 bits per heavy atom. The van der Waals surface area contributed by atoms with E-state index < -0.39 is 15.5 Å². The zero-order valence-corrected chi connectivity index (χ0v) is 8.11. The predicted molar refractivity (Wildman–Crippen MR) is 47.5 cm³/mol. The molecule has 4 nitrogen and oxygen atoms in total. The Morgan fingerprint density at radius 3 is 2.23 bits per heavy atom. The van der Waals surface area contributed by atoms with Crippen LogP contribution in [-0.4, -0.2) is 13.0 Å². The number of nitrogens with zero attached hydrogens (tertiary/aromatic N) is 1. The van der Waals surface area contributed by atoms with Crippen LogP contribution in [0.15, 0.2) is 30.6 Å². The zero-order valence-electron chi connectivity index (χ0n) is 7.29. The molecule has 1 unspecified atom stereocenters. The van der Waals surface area contributed by atoms with Crippen molar-refractivity contribution in [2.45, 2.75) is 18.7 Å². The summed E-state index contributed by atoms with van der Waals surface area (Å²) in [5, 5.41) is -0.881. The summed E-state index contributed by atoms with van der Waals surface area (Å²) in [5.41, 5.74) is 0. The van der Waals surface area contributed by atoms with Crippen LogP contribution in [0.5, 0.6) is 0 Å². The number of hydrogen-bond donors (Lipinski definition) is 1. The SMILES string of the molecule is CCC([n+]1ccccc1)S(=O)(=O)O. The molecule has 1 heterocycles. The van der Waals surface area contributed by atoms with Crippen LogP contribution < -0.4 is 4.57 Å². The molecule has 0 amide bonds. The molecule has 0 aliphatic carbocycles. The van der Waals surface area contributed by atoms with Crippen LogP contribution in [0, 0.1) is 0 Å². The Balaban J connectivity index is 3.06. The van der Waals surface area contributed by atoms with E-state index >= 15 is 0 Å². The first-order valence-corrected chi connectivity index (χ1v) is 5.48. The van der Waals surface area contributed by atoms with Crippen LogP contribution in [-0.2, 0) is 10.1 Å². The third-order valence-electron chi connectivity index (χ3n) is 1.76. The van der Waals surface area contributed by atoms with Gasteiger partial charge in [-0.3, -0.25) is 4.55 Å². The number of hydrogen-bond acceptors (Lipinski definition) is 2. The minimum atomic E-state index is -4.01. The van der Waals surface area contributed by atoms with Crippen LogP contribution >= 0.6 is 0 Å². The van der Waals surface area contributed by atoms with Gasteiger partial charge in [-0.2, -0.15) is 13.0 Å². The highest BCUT2D eigenvalue weighted by molar-refractivity contribution is 7.85. The topological polar surface area (TPSA) is 58.2 Å². The fraction of sp³-hybridized carbons (Fsp3) is 0.375. The molecule has 0 spiro atoms. The van der Waals surface area contributed by atoms with Crippen molar-refractivity contribution in [3.63, 3.8) is 0 Å². The lowest BCUT2D eigenvalue weighted by Crippen LogP contribution is -2.42. The van der Waals surface area contributed by atoms with E-state index in [-0.39, 0.29) is 0 Å². The Hall–Kier alpha value is -0.940. The maximum Gasteiger partial charge on any atom is 0.329 e. The second-order valence-corrected chi connectivity index (χ2v) is 4.27. The van der Waals surface area contributed by atoms with Crippen LogP contribution in [0.3, 0.4) is 0 Å².